The molecule has 2 aromatic carbocycles. The molecule has 0 aliphatic carbocycles. The van der Waals surface area contributed by atoms with E-state index in [1.54, 1.807) is 0 Å². The Morgan fingerprint density at radius 2 is 1.67 bits per heavy atom. The van der Waals surface area contributed by atoms with Crippen molar-refractivity contribution in [1.82, 2.24) is 20.6 Å². The molecule has 7 nitrogen and oxygen atoms in total. The van der Waals surface area contributed by atoms with Crippen LogP contribution in [0.2, 0.25) is 0 Å². The zero-order valence-electron chi connectivity index (χ0n) is 16.8. The standard InChI is InChI=1S/C23H23N5O2/c1-23(21(29)26-22(30)27-23)16-11-13-28(14-12-16)20-17-9-5-6-10-18(17)24-19(25-20)15-7-3-2-4-8-15/h2-10,16H,11-14H2,1H3,(H2,26,27,29,30)/t23-/m0/s1. The highest BCUT2D eigenvalue weighted by Crippen LogP contribution is 2.34. The van der Waals surface area contributed by atoms with Gasteiger partial charge in [0, 0.05) is 24.0 Å². The summed E-state index contributed by atoms with van der Waals surface area (Å²) in [6.07, 6.45) is 1.59. The van der Waals surface area contributed by atoms with Gasteiger partial charge in [0.25, 0.3) is 5.91 Å². The lowest BCUT2D eigenvalue weighted by atomic mass is 9.79. The van der Waals surface area contributed by atoms with Crippen molar-refractivity contribution < 1.29 is 9.59 Å². The molecule has 3 amide bonds. The second kappa shape index (κ2) is 7.09. The summed E-state index contributed by atoms with van der Waals surface area (Å²) in [7, 11) is 0. The third kappa shape index (κ3) is 3.07. The van der Waals surface area contributed by atoms with Crippen molar-refractivity contribution in [1.29, 1.82) is 0 Å². The number of amides is 3. The molecule has 0 saturated carbocycles. The van der Waals surface area contributed by atoms with Gasteiger partial charge in [0.05, 0.1) is 5.52 Å². The van der Waals surface area contributed by atoms with Gasteiger partial charge >= 0.3 is 6.03 Å². The molecule has 152 valence electrons. The normalized spacial score (nSPS) is 22.2. The molecule has 2 N–H and O–H groups in total. The molecule has 0 radical (unpaired) electrons. The number of nitrogens with zero attached hydrogens (tertiary/aromatic N) is 3. The molecular formula is C23H23N5O2. The summed E-state index contributed by atoms with van der Waals surface area (Å²) >= 11 is 0. The average molecular weight is 401 g/mol. The number of carbonyl (C=O) groups is 2. The van der Waals surface area contributed by atoms with Gasteiger partial charge in [-0.2, -0.15) is 0 Å². The number of benzene rings is 2. The Labute approximate surface area is 174 Å². The molecular weight excluding hydrogens is 378 g/mol. The number of nitrogens with one attached hydrogen (secondary N) is 2. The van der Waals surface area contributed by atoms with Crippen LogP contribution in [0.25, 0.3) is 22.3 Å². The minimum atomic E-state index is -0.841. The van der Waals surface area contributed by atoms with Gasteiger partial charge in [0.2, 0.25) is 0 Å². The zero-order chi connectivity index (χ0) is 20.7. The van der Waals surface area contributed by atoms with Crippen LogP contribution in [0.1, 0.15) is 19.8 Å². The quantitative estimate of drug-likeness (QED) is 0.659. The Kier molecular flexibility index (Phi) is 4.38. The number of imide groups is 1. The summed E-state index contributed by atoms with van der Waals surface area (Å²) in [6, 6.07) is 17.6. The SMILES string of the molecule is C[C@@]1(C2CCN(c3nc(-c4ccccc4)nc4ccccc34)CC2)NC(=O)NC1=O. The average Bonchev–Trinajstić information content (AvgIpc) is 3.06. The van der Waals surface area contributed by atoms with Gasteiger partial charge in [-0.15, -0.1) is 0 Å². The predicted molar refractivity (Wildman–Crippen MR) is 115 cm³/mol. The lowest BCUT2D eigenvalue weighted by molar-refractivity contribution is -0.125. The molecule has 1 atom stereocenters. The van der Waals surface area contributed by atoms with Crippen molar-refractivity contribution in [3.05, 3.63) is 54.6 Å². The van der Waals surface area contributed by atoms with Crippen LogP contribution >= 0.6 is 0 Å². The molecule has 3 aromatic rings. The lowest BCUT2D eigenvalue weighted by Crippen LogP contribution is -2.54. The minimum Gasteiger partial charge on any atom is -0.356 e. The molecule has 2 saturated heterocycles. The molecule has 3 heterocycles. The summed E-state index contributed by atoms with van der Waals surface area (Å²) in [6.45, 7) is 3.35. The number of aromatic nitrogens is 2. The first kappa shape index (κ1) is 18.5. The van der Waals surface area contributed by atoms with Gasteiger partial charge in [-0.3, -0.25) is 10.1 Å². The Morgan fingerprint density at radius 1 is 0.967 bits per heavy atom. The highest BCUT2D eigenvalue weighted by Gasteiger charge is 2.48. The van der Waals surface area contributed by atoms with E-state index in [9.17, 15) is 9.59 Å². The molecule has 2 aliphatic rings. The summed E-state index contributed by atoms with van der Waals surface area (Å²) in [4.78, 5) is 35.9. The fourth-order valence-corrected chi connectivity index (χ4v) is 4.53. The van der Waals surface area contributed by atoms with Crippen LogP contribution in [0, 0.1) is 5.92 Å². The number of fused-ring (bicyclic) bond motifs is 1. The second-order valence-corrected chi connectivity index (χ2v) is 8.13. The molecule has 2 aliphatic heterocycles. The first-order valence-corrected chi connectivity index (χ1v) is 10.3. The van der Waals surface area contributed by atoms with Crippen molar-refractivity contribution in [2.24, 2.45) is 5.92 Å². The van der Waals surface area contributed by atoms with Gasteiger partial charge in [0.1, 0.15) is 11.4 Å². The van der Waals surface area contributed by atoms with Crippen LogP contribution in [0.15, 0.2) is 54.6 Å². The van der Waals surface area contributed by atoms with Crippen LogP contribution in [-0.2, 0) is 4.79 Å². The molecule has 7 heteroatoms. The van der Waals surface area contributed by atoms with Gasteiger partial charge < -0.3 is 10.2 Å². The third-order valence-electron chi connectivity index (χ3n) is 6.30. The van der Waals surface area contributed by atoms with E-state index in [0.717, 1.165) is 48.2 Å². The van der Waals surface area contributed by atoms with Crippen molar-refractivity contribution in [2.45, 2.75) is 25.3 Å². The number of carbonyl (C=O) groups excluding carboxylic acids is 2. The van der Waals surface area contributed by atoms with Crippen LogP contribution in [0.5, 0.6) is 0 Å². The third-order valence-corrected chi connectivity index (χ3v) is 6.30. The number of hydrogen-bond acceptors (Lipinski definition) is 5. The van der Waals surface area contributed by atoms with Crippen molar-refractivity contribution in [3.63, 3.8) is 0 Å². The van der Waals surface area contributed by atoms with Gasteiger partial charge in [-0.1, -0.05) is 42.5 Å². The largest absolute Gasteiger partial charge is 0.356 e. The molecule has 0 unspecified atom stereocenters. The Hall–Kier alpha value is -3.48. The van der Waals surface area contributed by atoms with Crippen LogP contribution in [0.4, 0.5) is 10.6 Å². The zero-order valence-corrected chi connectivity index (χ0v) is 16.8. The van der Waals surface area contributed by atoms with Crippen LogP contribution in [-0.4, -0.2) is 40.5 Å². The van der Waals surface area contributed by atoms with E-state index in [2.05, 4.69) is 21.6 Å². The van der Waals surface area contributed by atoms with Crippen molar-refractivity contribution >= 4 is 28.7 Å². The Bertz CT molecular complexity index is 1120. The number of para-hydroxylation sites is 1. The number of rotatable bonds is 3. The van der Waals surface area contributed by atoms with E-state index >= 15 is 0 Å². The summed E-state index contributed by atoms with van der Waals surface area (Å²) in [5.41, 5.74) is 1.06. The topological polar surface area (TPSA) is 87.2 Å². The van der Waals surface area contributed by atoms with E-state index < -0.39 is 11.6 Å². The summed E-state index contributed by atoms with van der Waals surface area (Å²) < 4.78 is 0. The molecule has 2 fully saturated rings. The Morgan fingerprint density at radius 3 is 2.37 bits per heavy atom. The van der Waals surface area contributed by atoms with Gasteiger partial charge in [-0.25, -0.2) is 14.8 Å². The fourth-order valence-electron chi connectivity index (χ4n) is 4.53. The Balaban J connectivity index is 1.46. The minimum absolute atomic E-state index is 0.0851. The molecule has 0 spiro atoms. The highest BCUT2D eigenvalue weighted by atomic mass is 16.2. The van der Waals surface area contributed by atoms with Gasteiger partial charge in [-0.05, 0) is 37.8 Å². The first-order chi connectivity index (χ1) is 14.5. The number of piperidine rings is 1. The van der Waals surface area contributed by atoms with E-state index in [1.807, 2.05) is 55.5 Å². The molecule has 30 heavy (non-hydrogen) atoms. The molecule has 0 bridgehead atoms. The maximum absolute atomic E-state index is 12.3. The number of urea groups is 1. The van der Waals surface area contributed by atoms with Crippen LogP contribution in [0.3, 0.4) is 0 Å². The van der Waals surface area contributed by atoms with Crippen molar-refractivity contribution in [2.75, 3.05) is 18.0 Å². The van der Waals surface area contributed by atoms with E-state index in [4.69, 9.17) is 9.97 Å². The second-order valence-electron chi connectivity index (χ2n) is 8.13. The maximum Gasteiger partial charge on any atom is 0.322 e. The van der Waals surface area contributed by atoms with Crippen LogP contribution < -0.4 is 15.5 Å². The van der Waals surface area contributed by atoms with E-state index in [0.29, 0.717) is 5.82 Å². The monoisotopic (exact) mass is 401 g/mol. The molecule has 1 aromatic heterocycles. The fraction of sp³-hybridized carbons (Fsp3) is 0.304. The molecule has 5 rings (SSSR count). The lowest BCUT2D eigenvalue weighted by Gasteiger charge is -2.39. The predicted octanol–water partition coefficient (Wildman–Crippen LogP) is 3.11. The maximum atomic E-state index is 12.3. The number of anilines is 1. The number of hydrogen-bond donors (Lipinski definition) is 2. The first-order valence-electron chi connectivity index (χ1n) is 10.3. The smallest absolute Gasteiger partial charge is 0.322 e. The van der Waals surface area contributed by atoms with E-state index in [1.165, 1.54) is 0 Å². The summed E-state index contributed by atoms with van der Waals surface area (Å²) in [5, 5.41) is 6.22. The van der Waals surface area contributed by atoms with Gasteiger partial charge in [0.15, 0.2) is 5.82 Å². The van der Waals surface area contributed by atoms with Crippen molar-refractivity contribution in [3.8, 4) is 11.4 Å². The summed E-state index contributed by atoms with van der Waals surface area (Å²) in [5.74, 6) is 1.48. The highest BCUT2D eigenvalue weighted by molar-refractivity contribution is 6.07. The van der Waals surface area contributed by atoms with E-state index in [-0.39, 0.29) is 11.8 Å².